The van der Waals surface area contributed by atoms with Crippen molar-refractivity contribution in [2.75, 3.05) is 6.54 Å². The fourth-order valence-electron chi connectivity index (χ4n) is 2.54. The number of hydrazine groups is 1. The second kappa shape index (κ2) is 5.82. The second-order valence-corrected chi connectivity index (χ2v) is 7.07. The summed E-state index contributed by atoms with van der Waals surface area (Å²) in [6, 6.07) is 4.48. The van der Waals surface area contributed by atoms with E-state index in [1.165, 1.54) is 12.1 Å². The van der Waals surface area contributed by atoms with Crippen LogP contribution in [0.2, 0.25) is 0 Å². The zero-order valence-corrected chi connectivity index (χ0v) is 12.8. The molecule has 1 aromatic rings. The fourth-order valence-corrected chi connectivity index (χ4v) is 3.95. The summed E-state index contributed by atoms with van der Waals surface area (Å²) >= 11 is 0. The van der Waals surface area contributed by atoms with Gasteiger partial charge >= 0.3 is 6.61 Å². The molecule has 0 aromatic heterocycles. The van der Waals surface area contributed by atoms with Gasteiger partial charge in [-0.05, 0) is 48.3 Å². The third-order valence-corrected chi connectivity index (χ3v) is 5.45. The van der Waals surface area contributed by atoms with Crippen molar-refractivity contribution in [3.63, 3.8) is 0 Å². The molecule has 0 atom stereocenters. The molecule has 1 aromatic carbocycles. The summed E-state index contributed by atoms with van der Waals surface area (Å²) in [4.78, 5) is 0.253. The summed E-state index contributed by atoms with van der Waals surface area (Å²) in [5.41, 5.74) is 9.57. The number of rotatable bonds is 4. The number of nitrogens with one attached hydrogen (secondary N) is 1. The zero-order chi connectivity index (χ0) is 16.6. The predicted octanol–water partition coefficient (Wildman–Crippen LogP) is 1.53. The Morgan fingerprint density at radius 2 is 2.09 bits per heavy atom. The van der Waals surface area contributed by atoms with E-state index < -0.39 is 16.6 Å². The third-order valence-electron chi connectivity index (χ3n) is 3.65. The van der Waals surface area contributed by atoms with Gasteiger partial charge in [0.05, 0.1) is 11.4 Å². The Kier molecular flexibility index (Phi) is 3.99. The van der Waals surface area contributed by atoms with Crippen molar-refractivity contribution in [2.45, 2.75) is 19.5 Å². The van der Waals surface area contributed by atoms with Crippen LogP contribution in [-0.2, 0) is 16.4 Å². The van der Waals surface area contributed by atoms with Crippen LogP contribution < -0.4 is 15.9 Å². The van der Waals surface area contributed by atoms with Crippen LogP contribution in [0.25, 0.3) is 6.08 Å². The zero-order valence-electron chi connectivity index (χ0n) is 12.0. The van der Waals surface area contributed by atoms with Gasteiger partial charge in [-0.1, -0.05) is 6.07 Å². The lowest BCUT2D eigenvalue weighted by molar-refractivity contribution is -0.0498. The number of allylic oxidation sites excluding steroid dienone is 1. The van der Waals surface area contributed by atoms with E-state index in [4.69, 9.17) is 5.73 Å². The minimum absolute atomic E-state index is 0.0663. The minimum atomic E-state index is -3.67. The Hall–Kier alpha value is -2.13. The molecule has 2 aliphatic rings. The van der Waals surface area contributed by atoms with Crippen LogP contribution in [-0.4, -0.2) is 26.0 Å². The Balaban J connectivity index is 1.86. The molecule has 124 valence electrons. The molecule has 1 aliphatic carbocycles. The number of fused-ring (bicyclic) bond motifs is 1. The van der Waals surface area contributed by atoms with E-state index in [1.807, 2.05) is 0 Å². The molecule has 9 heteroatoms. The number of hydrogen-bond donors (Lipinski definition) is 2. The first-order valence-corrected chi connectivity index (χ1v) is 8.33. The van der Waals surface area contributed by atoms with Crippen molar-refractivity contribution in [2.24, 2.45) is 5.73 Å². The van der Waals surface area contributed by atoms with Gasteiger partial charge < -0.3 is 10.5 Å². The summed E-state index contributed by atoms with van der Waals surface area (Å²) < 4.78 is 55.0. The maximum atomic E-state index is 12.5. The predicted molar refractivity (Wildman–Crippen MR) is 80.4 cm³/mol. The molecule has 3 N–H and O–H groups in total. The molecular weight excluding hydrogens is 328 g/mol. The molecule has 0 fully saturated rings. The molecule has 0 amide bonds. The molecule has 1 heterocycles. The van der Waals surface area contributed by atoms with Crippen molar-refractivity contribution in [3.8, 4) is 5.75 Å². The molecule has 0 bridgehead atoms. The van der Waals surface area contributed by atoms with Gasteiger partial charge in [0, 0.05) is 0 Å². The van der Waals surface area contributed by atoms with Gasteiger partial charge in [0.15, 0.2) is 0 Å². The number of ether oxygens (including phenoxy) is 1. The van der Waals surface area contributed by atoms with Gasteiger partial charge in [-0.3, -0.25) is 5.43 Å². The summed E-state index contributed by atoms with van der Waals surface area (Å²) in [5.74, 6) is 0.357. The Morgan fingerprint density at radius 3 is 2.74 bits per heavy atom. The quantitative estimate of drug-likeness (QED) is 0.866. The van der Waals surface area contributed by atoms with Gasteiger partial charge in [0.1, 0.15) is 11.6 Å². The van der Waals surface area contributed by atoms with E-state index in [-0.39, 0.29) is 23.6 Å². The van der Waals surface area contributed by atoms with Crippen LogP contribution in [0.15, 0.2) is 35.0 Å². The molecule has 1 aliphatic heterocycles. The molecule has 6 nitrogen and oxygen atoms in total. The van der Waals surface area contributed by atoms with Crippen LogP contribution in [0.5, 0.6) is 5.75 Å². The molecule has 3 rings (SSSR count). The Bertz CT molecular complexity index is 790. The average molecular weight is 343 g/mol. The van der Waals surface area contributed by atoms with Crippen LogP contribution in [0, 0.1) is 0 Å². The molecule has 0 spiro atoms. The lowest BCUT2D eigenvalue weighted by Crippen LogP contribution is -2.40. The maximum Gasteiger partial charge on any atom is 0.387 e. The number of halogens is 2. The van der Waals surface area contributed by atoms with Gasteiger partial charge in [0.2, 0.25) is 0 Å². The molecule has 0 radical (unpaired) electrons. The number of hydrogen-bond acceptors (Lipinski definition) is 5. The minimum Gasteiger partial charge on any atom is -0.435 e. The maximum absolute atomic E-state index is 12.5. The van der Waals surface area contributed by atoms with Gasteiger partial charge in [-0.15, -0.1) is 4.41 Å². The number of aryl methyl sites for hydroxylation is 1. The number of alkyl halides is 2. The van der Waals surface area contributed by atoms with Crippen molar-refractivity contribution < 1.29 is 21.9 Å². The van der Waals surface area contributed by atoms with Crippen molar-refractivity contribution in [1.29, 1.82) is 0 Å². The van der Waals surface area contributed by atoms with Gasteiger partial charge in [-0.2, -0.15) is 8.78 Å². The van der Waals surface area contributed by atoms with E-state index >= 15 is 0 Å². The normalized spacial score (nSPS) is 18.2. The monoisotopic (exact) mass is 343 g/mol. The van der Waals surface area contributed by atoms with Crippen LogP contribution in [0.3, 0.4) is 0 Å². The van der Waals surface area contributed by atoms with Crippen molar-refractivity contribution in [1.82, 2.24) is 9.84 Å². The van der Waals surface area contributed by atoms with E-state index in [9.17, 15) is 17.2 Å². The van der Waals surface area contributed by atoms with E-state index in [2.05, 4.69) is 10.2 Å². The third kappa shape index (κ3) is 3.15. The second-order valence-electron chi connectivity index (χ2n) is 5.16. The van der Waals surface area contributed by atoms with Gasteiger partial charge in [-0.25, -0.2) is 8.42 Å². The molecule has 0 unspecified atom stereocenters. The fraction of sp³-hybridized carbons (Fsp3) is 0.286. The Labute approximate surface area is 132 Å². The SMILES string of the molecule is NC1=CCN(S(=O)(=O)C2=Cc3ccc(OC(F)F)cc3CC2)N1. The smallest absolute Gasteiger partial charge is 0.387 e. The van der Waals surface area contributed by atoms with Crippen LogP contribution >= 0.6 is 0 Å². The van der Waals surface area contributed by atoms with Gasteiger partial charge in [0.25, 0.3) is 10.0 Å². The summed E-state index contributed by atoms with van der Waals surface area (Å²) in [6.07, 6.45) is 3.84. The van der Waals surface area contributed by atoms with Crippen molar-refractivity contribution >= 4 is 16.1 Å². The summed E-state index contributed by atoms with van der Waals surface area (Å²) in [6.45, 7) is -2.72. The number of nitrogens with two attached hydrogens (primary N) is 1. The largest absolute Gasteiger partial charge is 0.435 e. The molecular formula is C14H15F2N3O3S. The van der Waals surface area contributed by atoms with Crippen LogP contribution in [0.1, 0.15) is 17.5 Å². The first-order valence-electron chi connectivity index (χ1n) is 6.89. The highest BCUT2D eigenvalue weighted by Gasteiger charge is 2.30. The molecule has 0 saturated carbocycles. The van der Waals surface area contributed by atoms with E-state index in [0.29, 0.717) is 17.8 Å². The number of sulfonamides is 1. The highest BCUT2D eigenvalue weighted by molar-refractivity contribution is 7.93. The average Bonchev–Trinajstić information content (AvgIpc) is 2.93. The Morgan fingerprint density at radius 1 is 1.30 bits per heavy atom. The van der Waals surface area contributed by atoms with E-state index in [1.54, 1.807) is 18.2 Å². The van der Waals surface area contributed by atoms with E-state index in [0.717, 1.165) is 9.98 Å². The lowest BCUT2D eigenvalue weighted by atomic mass is 9.97. The first-order chi connectivity index (χ1) is 10.9. The summed E-state index contributed by atoms with van der Waals surface area (Å²) in [7, 11) is -3.67. The molecule has 0 saturated heterocycles. The molecule has 23 heavy (non-hydrogen) atoms. The first kappa shape index (κ1) is 15.8. The highest BCUT2D eigenvalue weighted by atomic mass is 32.2. The van der Waals surface area contributed by atoms with Crippen LogP contribution in [0.4, 0.5) is 8.78 Å². The lowest BCUT2D eigenvalue weighted by Gasteiger charge is -2.22. The summed E-state index contributed by atoms with van der Waals surface area (Å²) in [5, 5.41) is 0. The highest BCUT2D eigenvalue weighted by Crippen LogP contribution is 2.31. The topological polar surface area (TPSA) is 84.7 Å². The van der Waals surface area contributed by atoms with Crippen molar-refractivity contribution in [3.05, 3.63) is 46.1 Å². The number of benzene rings is 1. The standard InChI is InChI=1S/C14H15F2N3O3S/c15-14(16)22-11-3-1-10-8-12(4-2-9(10)7-11)23(20,21)19-6-5-13(17)18-19/h1,3,5,7-8,14,18H,2,4,6,17H2. The number of nitrogens with zero attached hydrogens (tertiary/aromatic N) is 1.